The number of nitrogens with zero attached hydrogens (tertiary/aromatic N) is 1. The summed E-state index contributed by atoms with van der Waals surface area (Å²) >= 11 is 1.70. The third kappa shape index (κ3) is 4.16. The van der Waals surface area contributed by atoms with Crippen LogP contribution in [0.2, 0.25) is 0 Å². The van der Waals surface area contributed by atoms with Gasteiger partial charge in [-0.05, 0) is 105 Å². The summed E-state index contributed by atoms with van der Waals surface area (Å²) in [5.41, 5.74) is 2.33. The Kier molecular flexibility index (Phi) is 6.19. The van der Waals surface area contributed by atoms with Crippen molar-refractivity contribution in [1.29, 1.82) is 5.26 Å². The van der Waals surface area contributed by atoms with Crippen molar-refractivity contribution in [2.75, 3.05) is 7.11 Å². The number of nitrogens with one attached hydrogen (secondary N) is 1. The maximum atomic E-state index is 13.7. The van der Waals surface area contributed by atoms with Crippen molar-refractivity contribution in [3.8, 4) is 11.8 Å². The summed E-state index contributed by atoms with van der Waals surface area (Å²) in [7, 11) is 1.70. The molecule has 0 aliphatic heterocycles. The number of thiophene rings is 1. The first kappa shape index (κ1) is 24.6. The normalized spacial score (nSPS) is 36.1. The van der Waals surface area contributed by atoms with Crippen molar-refractivity contribution in [2.24, 2.45) is 34.5 Å². The second kappa shape index (κ2) is 8.80. The Balaban J connectivity index is 1.31. The maximum absolute atomic E-state index is 13.7. The molecule has 4 aliphatic rings. The van der Waals surface area contributed by atoms with Gasteiger partial charge in [0.05, 0.1) is 13.2 Å². The van der Waals surface area contributed by atoms with E-state index < -0.39 is 0 Å². The van der Waals surface area contributed by atoms with Gasteiger partial charge < -0.3 is 10.1 Å². The highest BCUT2D eigenvalue weighted by Gasteiger charge is 2.59. The van der Waals surface area contributed by atoms with Crippen LogP contribution in [0, 0.1) is 45.8 Å². The molecule has 1 aromatic rings. The number of ether oxygens (including phenoxy) is 1. The lowest BCUT2D eigenvalue weighted by atomic mass is 9.48. The fraction of sp³-hybridized carbons (Fsp3) is 0.667. The number of fused-ring (bicyclic) bond motifs is 5. The Morgan fingerprint density at radius 1 is 1.26 bits per heavy atom. The van der Waals surface area contributed by atoms with Crippen molar-refractivity contribution >= 4 is 17.2 Å². The van der Waals surface area contributed by atoms with Gasteiger partial charge in [0.1, 0.15) is 5.75 Å². The van der Waals surface area contributed by atoms with Gasteiger partial charge in [-0.3, -0.25) is 4.79 Å². The Bertz CT molecular complexity index is 1110. The van der Waals surface area contributed by atoms with E-state index in [-0.39, 0.29) is 28.2 Å². The van der Waals surface area contributed by atoms with E-state index in [0.29, 0.717) is 17.8 Å². The minimum Gasteiger partial charge on any atom is -0.496 e. The molecule has 5 rings (SSSR count). The van der Waals surface area contributed by atoms with E-state index in [9.17, 15) is 10.1 Å². The quantitative estimate of drug-likeness (QED) is 0.490. The molecule has 1 heterocycles. The molecule has 2 fully saturated rings. The number of amides is 1. The molecule has 4 aliphatic carbocycles. The van der Waals surface area contributed by atoms with E-state index in [1.807, 2.05) is 5.38 Å². The van der Waals surface area contributed by atoms with Gasteiger partial charge in [-0.15, -0.1) is 11.3 Å². The second-order valence-corrected chi connectivity index (χ2v) is 13.6. The third-order valence-corrected chi connectivity index (χ3v) is 11.1. The molecule has 6 atom stereocenters. The molecule has 1 aromatic heterocycles. The number of carbonyl (C=O) groups is 1. The monoisotopic (exact) mass is 492 g/mol. The van der Waals surface area contributed by atoms with Crippen LogP contribution in [0.15, 0.2) is 34.7 Å². The van der Waals surface area contributed by atoms with Crippen LogP contribution in [-0.2, 0) is 11.2 Å². The molecule has 2 saturated carbocycles. The summed E-state index contributed by atoms with van der Waals surface area (Å²) in [5.74, 6) is 3.18. The minimum atomic E-state index is -0.290. The van der Waals surface area contributed by atoms with Crippen LogP contribution in [0.25, 0.3) is 0 Å². The van der Waals surface area contributed by atoms with E-state index in [4.69, 9.17) is 4.74 Å². The molecule has 5 heteroatoms. The van der Waals surface area contributed by atoms with Crippen LogP contribution in [0.5, 0.6) is 5.75 Å². The van der Waals surface area contributed by atoms with E-state index in [0.717, 1.165) is 56.3 Å². The first-order valence-corrected chi connectivity index (χ1v) is 14.2. The van der Waals surface area contributed by atoms with Gasteiger partial charge in [0, 0.05) is 33.7 Å². The average Bonchev–Trinajstić information content (AvgIpc) is 3.41. The number of nitriles is 1. The summed E-state index contributed by atoms with van der Waals surface area (Å²) in [6, 6.07) is 4.48. The standard InChI is InChI=1S/C30H40N2O2S/c1-28(2,16-22-15-21(34-5)18-35-22)32-27(33)26-9-8-24-23-7-6-20-14-19(17-31)10-12-29(20,3)25(23)11-13-30(24,26)4/h6,14-15,18,23-26H,7-13,16H2,1-5H3,(H,32,33)/t23-,24-,25-,26+,29-,30-/m0/s1. The van der Waals surface area contributed by atoms with E-state index in [2.05, 4.69) is 57.3 Å². The fourth-order valence-electron chi connectivity index (χ4n) is 8.30. The zero-order valence-electron chi connectivity index (χ0n) is 21.9. The molecule has 0 bridgehead atoms. The van der Waals surface area contributed by atoms with Gasteiger partial charge in [-0.2, -0.15) is 5.26 Å². The highest BCUT2D eigenvalue weighted by atomic mass is 32.1. The summed E-state index contributed by atoms with van der Waals surface area (Å²) in [6.07, 6.45) is 13.0. The molecule has 35 heavy (non-hydrogen) atoms. The Labute approximate surface area is 214 Å². The van der Waals surface area contributed by atoms with Crippen molar-refractivity contribution in [2.45, 2.75) is 84.6 Å². The summed E-state index contributed by atoms with van der Waals surface area (Å²) in [5, 5.41) is 14.9. The van der Waals surface area contributed by atoms with Crippen LogP contribution in [-0.4, -0.2) is 18.6 Å². The van der Waals surface area contributed by atoms with Gasteiger partial charge in [0.15, 0.2) is 0 Å². The molecular weight excluding hydrogens is 452 g/mol. The molecule has 0 unspecified atom stereocenters. The molecule has 188 valence electrons. The van der Waals surface area contributed by atoms with Crippen molar-refractivity contribution in [1.82, 2.24) is 5.32 Å². The van der Waals surface area contributed by atoms with Crippen LogP contribution in [0.3, 0.4) is 0 Å². The van der Waals surface area contributed by atoms with Crippen molar-refractivity contribution in [3.63, 3.8) is 0 Å². The van der Waals surface area contributed by atoms with Gasteiger partial charge in [-0.1, -0.05) is 19.9 Å². The van der Waals surface area contributed by atoms with E-state index in [1.165, 1.54) is 16.9 Å². The van der Waals surface area contributed by atoms with Crippen molar-refractivity contribution in [3.05, 3.63) is 39.6 Å². The number of rotatable bonds is 5. The Morgan fingerprint density at radius 2 is 2.06 bits per heavy atom. The number of allylic oxidation sites excluding steroid dienone is 4. The lowest BCUT2D eigenvalue weighted by Crippen LogP contribution is -2.53. The van der Waals surface area contributed by atoms with Gasteiger partial charge in [0.2, 0.25) is 5.91 Å². The molecule has 0 spiro atoms. The number of carbonyl (C=O) groups excluding carboxylic acids is 1. The lowest BCUT2D eigenvalue weighted by molar-refractivity contribution is -0.133. The third-order valence-electron chi connectivity index (χ3n) is 10.2. The predicted molar refractivity (Wildman–Crippen MR) is 141 cm³/mol. The fourth-order valence-corrected chi connectivity index (χ4v) is 9.36. The Morgan fingerprint density at radius 3 is 2.77 bits per heavy atom. The SMILES string of the molecule is COc1csc(CC(C)(C)NC(=O)[C@H]2CC[C@H]3[C@@H]4CC=C5C=C(C#N)CC[C@]5(C)[C@H]4CC[C@]23C)c1. The van der Waals surface area contributed by atoms with Gasteiger partial charge in [0.25, 0.3) is 0 Å². The highest BCUT2D eigenvalue weighted by molar-refractivity contribution is 7.10. The largest absolute Gasteiger partial charge is 0.496 e. The first-order chi connectivity index (χ1) is 16.6. The number of methoxy groups -OCH3 is 1. The minimum absolute atomic E-state index is 0.0809. The number of hydrogen-bond acceptors (Lipinski definition) is 4. The summed E-state index contributed by atoms with van der Waals surface area (Å²) in [4.78, 5) is 14.9. The molecule has 4 nitrogen and oxygen atoms in total. The summed E-state index contributed by atoms with van der Waals surface area (Å²) < 4.78 is 5.34. The van der Waals surface area contributed by atoms with Crippen LogP contribution < -0.4 is 10.1 Å². The van der Waals surface area contributed by atoms with E-state index >= 15 is 0 Å². The maximum Gasteiger partial charge on any atom is 0.224 e. The highest BCUT2D eigenvalue weighted by Crippen LogP contribution is 2.66. The predicted octanol–water partition coefficient (Wildman–Crippen LogP) is 6.83. The number of hydrogen-bond donors (Lipinski definition) is 1. The average molecular weight is 493 g/mol. The zero-order chi connectivity index (χ0) is 25.0. The van der Waals surface area contributed by atoms with Crippen LogP contribution in [0.4, 0.5) is 0 Å². The molecule has 0 saturated heterocycles. The smallest absolute Gasteiger partial charge is 0.224 e. The van der Waals surface area contributed by atoms with E-state index in [1.54, 1.807) is 18.4 Å². The lowest BCUT2D eigenvalue weighted by Gasteiger charge is -2.57. The topological polar surface area (TPSA) is 62.1 Å². The molecular formula is C30H40N2O2S. The molecule has 0 radical (unpaired) electrons. The summed E-state index contributed by atoms with van der Waals surface area (Å²) in [6.45, 7) is 9.15. The van der Waals surface area contributed by atoms with Gasteiger partial charge in [-0.25, -0.2) is 0 Å². The molecule has 1 N–H and O–H groups in total. The van der Waals surface area contributed by atoms with Crippen LogP contribution >= 0.6 is 11.3 Å². The molecule has 1 amide bonds. The molecule has 0 aromatic carbocycles. The van der Waals surface area contributed by atoms with Gasteiger partial charge >= 0.3 is 0 Å². The van der Waals surface area contributed by atoms with Crippen molar-refractivity contribution < 1.29 is 9.53 Å². The van der Waals surface area contributed by atoms with Crippen LogP contribution in [0.1, 0.15) is 77.5 Å². The zero-order valence-corrected chi connectivity index (χ0v) is 22.8. The second-order valence-electron chi connectivity index (χ2n) is 12.6. The first-order valence-electron chi connectivity index (χ1n) is 13.3. The Hall–Kier alpha value is -2.06.